The van der Waals surface area contributed by atoms with Gasteiger partial charge in [0.15, 0.2) is 0 Å². The lowest BCUT2D eigenvalue weighted by Crippen LogP contribution is -2.46. The molecule has 0 radical (unpaired) electrons. The molecule has 0 spiro atoms. The van der Waals surface area contributed by atoms with Crippen LogP contribution < -0.4 is 11.3 Å². The molecule has 1 fully saturated rings. The second kappa shape index (κ2) is 5.52. The third-order valence-corrected chi connectivity index (χ3v) is 4.14. The van der Waals surface area contributed by atoms with Gasteiger partial charge in [-0.3, -0.25) is 5.84 Å². The van der Waals surface area contributed by atoms with Crippen LogP contribution in [-0.4, -0.2) is 12.2 Å². The van der Waals surface area contributed by atoms with E-state index in [1.165, 1.54) is 12.8 Å². The van der Waals surface area contributed by atoms with Gasteiger partial charge in [-0.1, -0.05) is 12.8 Å². The summed E-state index contributed by atoms with van der Waals surface area (Å²) in [4.78, 5) is 0. The SMILES string of the molecule is CCOC1(C(NN)c2occc2Br)CCCC1. The number of ether oxygens (including phenoxy) is 1. The Bertz CT molecular complexity index is 361. The molecule has 1 heterocycles. The minimum atomic E-state index is -0.232. The van der Waals surface area contributed by atoms with E-state index in [0.29, 0.717) is 6.61 Å². The van der Waals surface area contributed by atoms with E-state index < -0.39 is 0 Å². The van der Waals surface area contributed by atoms with E-state index in [1.807, 2.05) is 13.0 Å². The zero-order chi connectivity index (χ0) is 12.3. The second-order valence-corrected chi connectivity index (χ2v) is 5.29. The summed E-state index contributed by atoms with van der Waals surface area (Å²) in [5.41, 5.74) is 2.63. The maximum absolute atomic E-state index is 6.00. The fraction of sp³-hybridized carbons (Fsp3) is 0.667. The summed E-state index contributed by atoms with van der Waals surface area (Å²) < 4.78 is 12.5. The first kappa shape index (κ1) is 13.1. The number of nitrogens with two attached hydrogens (primary N) is 1. The van der Waals surface area contributed by atoms with Crippen LogP contribution in [0.2, 0.25) is 0 Å². The summed E-state index contributed by atoms with van der Waals surface area (Å²) in [6.07, 6.45) is 6.05. The first-order valence-electron chi connectivity index (χ1n) is 6.06. The van der Waals surface area contributed by atoms with Crippen LogP contribution in [0.1, 0.15) is 44.4 Å². The number of nitrogens with one attached hydrogen (secondary N) is 1. The van der Waals surface area contributed by atoms with Crippen molar-refractivity contribution in [3.8, 4) is 0 Å². The molecule has 96 valence electrons. The fourth-order valence-corrected chi connectivity index (χ4v) is 3.19. The minimum Gasteiger partial charge on any atom is -0.466 e. The lowest BCUT2D eigenvalue weighted by atomic mass is 9.90. The molecular formula is C12H19BrN2O2. The smallest absolute Gasteiger partial charge is 0.139 e. The lowest BCUT2D eigenvalue weighted by Gasteiger charge is -2.35. The molecule has 4 nitrogen and oxygen atoms in total. The molecule has 2 rings (SSSR count). The van der Waals surface area contributed by atoms with Crippen LogP contribution in [0.25, 0.3) is 0 Å². The second-order valence-electron chi connectivity index (χ2n) is 4.44. The van der Waals surface area contributed by atoms with Gasteiger partial charge < -0.3 is 9.15 Å². The van der Waals surface area contributed by atoms with Crippen LogP contribution in [0.4, 0.5) is 0 Å². The molecule has 1 aromatic rings. The molecule has 17 heavy (non-hydrogen) atoms. The summed E-state index contributed by atoms with van der Waals surface area (Å²) in [5.74, 6) is 6.54. The fourth-order valence-electron chi connectivity index (χ4n) is 2.76. The Morgan fingerprint density at radius 1 is 1.59 bits per heavy atom. The molecular weight excluding hydrogens is 284 g/mol. The Labute approximate surface area is 110 Å². The first-order valence-corrected chi connectivity index (χ1v) is 6.86. The van der Waals surface area contributed by atoms with Crippen molar-refractivity contribution in [3.63, 3.8) is 0 Å². The van der Waals surface area contributed by atoms with E-state index in [2.05, 4.69) is 21.4 Å². The van der Waals surface area contributed by atoms with Crippen molar-refractivity contribution in [1.82, 2.24) is 5.43 Å². The summed E-state index contributed by atoms with van der Waals surface area (Å²) >= 11 is 3.49. The molecule has 0 aromatic carbocycles. The number of hydrazine groups is 1. The van der Waals surface area contributed by atoms with Gasteiger partial charge in [0.2, 0.25) is 0 Å². The van der Waals surface area contributed by atoms with Crippen molar-refractivity contribution >= 4 is 15.9 Å². The molecule has 0 aliphatic heterocycles. The highest BCUT2D eigenvalue weighted by atomic mass is 79.9. The van der Waals surface area contributed by atoms with Crippen LogP contribution in [0.5, 0.6) is 0 Å². The Balaban J connectivity index is 2.29. The van der Waals surface area contributed by atoms with Crippen molar-refractivity contribution in [3.05, 3.63) is 22.6 Å². The third-order valence-electron chi connectivity index (χ3n) is 3.48. The number of hydrogen-bond donors (Lipinski definition) is 2. The van der Waals surface area contributed by atoms with E-state index in [4.69, 9.17) is 15.0 Å². The van der Waals surface area contributed by atoms with Crippen LogP contribution >= 0.6 is 15.9 Å². The highest BCUT2D eigenvalue weighted by molar-refractivity contribution is 9.10. The Morgan fingerprint density at radius 2 is 2.29 bits per heavy atom. The molecule has 1 saturated carbocycles. The highest BCUT2D eigenvalue weighted by Gasteiger charge is 2.44. The third kappa shape index (κ3) is 2.42. The van der Waals surface area contributed by atoms with E-state index in [1.54, 1.807) is 6.26 Å². The van der Waals surface area contributed by atoms with Gasteiger partial charge in [0.1, 0.15) is 11.8 Å². The summed E-state index contributed by atoms with van der Waals surface area (Å²) in [6.45, 7) is 2.71. The zero-order valence-corrected chi connectivity index (χ0v) is 11.6. The summed E-state index contributed by atoms with van der Waals surface area (Å²) in [7, 11) is 0. The minimum absolute atomic E-state index is 0.102. The van der Waals surface area contributed by atoms with Crippen molar-refractivity contribution in [2.75, 3.05) is 6.61 Å². The van der Waals surface area contributed by atoms with Gasteiger partial charge in [-0.15, -0.1) is 0 Å². The van der Waals surface area contributed by atoms with Crippen molar-refractivity contribution in [1.29, 1.82) is 0 Å². The quantitative estimate of drug-likeness (QED) is 0.648. The largest absolute Gasteiger partial charge is 0.466 e. The number of halogens is 1. The van der Waals surface area contributed by atoms with Gasteiger partial charge in [-0.25, -0.2) is 5.43 Å². The molecule has 1 atom stereocenters. The van der Waals surface area contributed by atoms with Gasteiger partial charge in [-0.05, 0) is 41.8 Å². The molecule has 0 saturated heterocycles. The summed E-state index contributed by atoms with van der Waals surface area (Å²) in [5, 5.41) is 0. The lowest BCUT2D eigenvalue weighted by molar-refractivity contribution is -0.0673. The van der Waals surface area contributed by atoms with Crippen LogP contribution in [0.3, 0.4) is 0 Å². The zero-order valence-electron chi connectivity index (χ0n) is 10.0. The molecule has 1 aliphatic rings. The van der Waals surface area contributed by atoms with Gasteiger partial charge >= 0.3 is 0 Å². The maximum Gasteiger partial charge on any atom is 0.139 e. The molecule has 1 aliphatic carbocycles. The average molecular weight is 303 g/mol. The van der Waals surface area contributed by atoms with Gasteiger partial charge in [-0.2, -0.15) is 0 Å². The monoisotopic (exact) mass is 302 g/mol. The Morgan fingerprint density at radius 3 is 2.76 bits per heavy atom. The van der Waals surface area contributed by atoms with E-state index >= 15 is 0 Å². The summed E-state index contributed by atoms with van der Waals surface area (Å²) in [6, 6.07) is 1.78. The van der Waals surface area contributed by atoms with Crippen molar-refractivity contribution < 1.29 is 9.15 Å². The van der Waals surface area contributed by atoms with Crippen molar-refractivity contribution in [2.24, 2.45) is 5.84 Å². The van der Waals surface area contributed by atoms with E-state index in [9.17, 15) is 0 Å². The van der Waals surface area contributed by atoms with Crippen LogP contribution in [0.15, 0.2) is 21.2 Å². The predicted octanol–water partition coefficient (Wildman–Crippen LogP) is 2.90. The molecule has 3 N–H and O–H groups in total. The standard InChI is InChI=1S/C12H19BrN2O2/c1-2-17-12(6-3-4-7-12)11(15-14)10-9(13)5-8-16-10/h5,8,11,15H,2-4,6-7,14H2,1H3. The van der Waals surface area contributed by atoms with Gasteiger partial charge in [0.25, 0.3) is 0 Å². The Hall–Kier alpha value is -0.360. The molecule has 0 bridgehead atoms. The van der Waals surface area contributed by atoms with Gasteiger partial charge in [0, 0.05) is 6.61 Å². The first-order chi connectivity index (χ1) is 8.23. The average Bonchev–Trinajstić information content (AvgIpc) is 2.92. The Kier molecular flexibility index (Phi) is 4.25. The maximum atomic E-state index is 6.00. The highest BCUT2D eigenvalue weighted by Crippen LogP contribution is 2.44. The van der Waals surface area contributed by atoms with Crippen LogP contribution in [-0.2, 0) is 4.74 Å². The predicted molar refractivity (Wildman–Crippen MR) is 69.3 cm³/mol. The molecule has 5 heteroatoms. The molecule has 1 unspecified atom stereocenters. The normalized spacial score (nSPS) is 20.6. The number of rotatable bonds is 5. The number of furan rings is 1. The van der Waals surface area contributed by atoms with Crippen LogP contribution in [0, 0.1) is 0 Å². The molecule has 0 amide bonds. The van der Waals surface area contributed by atoms with E-state index in [0.717, 1.165) is 23.1 Å². The van der Waals surface area contributed by atoms with E-state index in [-0.39, 0.29) is 11.6 Å². The molecule has 1 aromatic heterocycles. The van der Waals surface area contributed by atoms with Crippen molar-refractivity contribution in [2.45, 2.75) is 44.2 Å². The topological polar surface area (TPSA) is 60.4 Å². The van der Waals surface area contributed by atoms with Gasteiger partial charge in [0.05, 0.1) is 16.3 Å². The number of hydrogen-bond acceptors (Lipinski definition) is 4.